The van der Waals surface area contributed by atoms with E-state index in [-0.39, 0.29) is 17.7 Å². The molecule has 1 amide bonds. The quantitative estimate of drug-likeness (QED) is 0.606. The van der Waals surface area contributed by atoms with Crippen molar-refractivity contribution < 1.29 is 4.79 Å². The average Bonchev–Trinajstić information content (AvgIpc) is 2.60. The molecule has 0 saturated carbocycles. The van der Waals surface area contributed by atoms with Crippen LogP contribution in [0.25, 0.3) is 0 Å². The molecule has 0 saturated heterocycles. The third kappa shape index (κ3) is 5.30. The molecule has 0 spiro atoms. The first kappa shape index (κ1) is 18.9. The van der Waals surface area contributed by atoms with Gasteiger partial charge in [-0.3, -0.25) is 4.79 Å². The molecule has 1 aromatic heterocycles. The molecule has 1 N–H and O–H groups in total. The van der Waals surface area contributed by atoms with Crippen LogP contribution in [0, 0.1) is 25.2 Å². The lowest BCUT2D eigenvalue weighted by Gasteiger charge is -2.18. The summed E-state index contributed by atoms with van der Waals surface area (Å²) in [5.74, 6) is 0.759. The number of aromatic nitrogens is 2. The summed E-state index contributed by atoms with van der Waals surface area (Å²) < 4.78 is 0. The number of carbonyl (C=O) groups is 1. The standard InChI is InChI=1S/C19H22N4OS/c1-4-8-17(15-9-6-5-7-10-15)23-18(24)12-25-19-16(11-20)13(2)21-14(3)22-19/h5-7,9-10,17H,4,8,12H2,1-3H3,(H,23,24). The van der Waals surface area contributed by atoms with E-state index in [4.69, 9.17) is 0 Å². The number of nitrogens with one attached hydrogen (secondary N) is 1. The fourth-order valence-corrected chi connectivity index (χ4v) is 3.47. The first-order valence-electron chi connectivity index (χ1n) is 8.27. The smallest absolute Gasteiger partial charge is 0.230 e. The van der Waals surface area contributed by atoms with Gasteiger partial charge in [-0.05, 0) is 25.8 Å². The van der Waals surface area contributed by atoms with E-state index in [9.17, 15) is 10.1 Å². The van der Waals surface area contributed by atoms with Crippen LogP contribution < -0.4 is 5.32 Å². The van der Waals surface area contributed by atoms with Crippen LogP contribution in [-0.4, -0.2) is 21.6 Å². The molecule has 25 heavy (non-hydrogen) atoms. The number of hydrogen-bond acceptors (Lipinski definition) is 5. The molecule has 0 aliphatic heterocycles. The fraction of sp³-hybridized carbons (Fsp3) is 0.368. The average molecular weight is 354 g/mol. The van der Waals surface area contributed by atoms with Gasteiger partial charge in [-0.15, -0.1) is 0 Å². The molecular formula is C19H22N4OS. The zero-order valence-corrected chi connectivity index (χ0v) is 15.6. The number of carbonyl (C=O) groups excluding carboxylic acids is 1. The highest BCUT2D eigenvalue weighted by Gasteiger charge is 2.16. The lowest BCUT2D eigenvalue weighted by Crippen LogP contribution is -2.30. The van der Waals surface area contributed by atoms with E-state index in [0.29, 0.717) is 22.1 Å². The van der Waals surface area contributed by atoms with E-state index in [1.165, 1.54) is 11.8 Å². The molecule has 0 aliphatic rings. The Morgan fingerprint density at radius 2 is 2.00 bits per heavy atom. The lowest BCUT2D eigenvalue weighted by atomic mass is 10.0. The highest BCUT2D eigenvalue weighted by Crippen LogP contribution is 2.23. The van der Waals surface area contributed by atoms with E-state index < -0.39 is 0 Å². The Balaban J connectivity index is 2.04. The summed E-state index contributed by atoms with van der Waals surface area (Å²) in [6, 6.07) is 12.1. The summed E-state index contributed by atoms with van der Waals surface area (Å²) in [6.45, 7) is 5.66. The van der Waals surface area contributed by atoms with Crippen LogP contribution in [0.5, 0.6) is 0 Å². The van der Waals surface area contributed by atoms with Crippen molar-refractivity contribution in [3.05, 3.63) is 53.0 Å². The van der Waals surface area contributed by atoms with Gasteiger partial charge >= 0.3 is 0 Å². The molecule has 1 aromatic carbocycles. The van der Waals surface area contributed by atoms with Gasteiger partial charge in [0.15, 0.2) is 0 Å². The molecule has 0 aliphatic carbocycles. The molecule has 130 valence electrons. The van der Waals surface area contributed by atoms with Crippen LogP contribution in [0.15, 0.2) is 35.4 Å². The van der Waals surface area contributed by atoms with Gasteiger partial charge in [0.25, 0.3) is 0 Å². The Hall–Kier alpha value is -2.39. The topological polar surface area (TPSA) is 78.7 Å². The molecule has 1 unspecified atom stereocenters. The Morgan fingerprint density at radius 1 is 1.28 bits per heavy atom. The minimum absolute atomic E-state index is 0.00334. The Kier molecular flexibility index (Phi) is 6.96. The maximum absolute atomic E-state index is 12.4. The summed E-state index contributed by atoms with van der Waals surface area (Å²) in [5.41, 5.74) is 2.19. The number of aryl methyl sites for hydroxylation is 2. The van der Waals surface area contributed by atoms with Crippen LogP contribution in [0.4, 0.5) is 0 Å². The molecule has 0 bridgehead atoms. The molecule has 6 heteroatoms. The minimum atomic E-state index is -0.0647. The van der Waals surface area contributed by atoms with Crippen molar-refractivity contribution in [1.82, 2.24) is 15.3 Å². The first-order chi connectivity index (χ1) is 12.0. The number of rotatable bonds is 7. The normalized spacial score (nSPS) is 11.6. The van der Waals surface area contributed by atoms with Gasteiger partial charge in [0.2, 0.25) is 5.91 Å². The zero-order valence-electron chi connectivity index (χ0n) is 14.7. The Bertz CT molecular complexity index is 771. The minimum Gasteiger partial charge on any atom is -0.349 e. The van der Waals surface area contributed by atoms with Crippen LogP contribution in [0.2, 0.25) is 0 Å². The van der Waals surface area contributed by atoms with Gasteiger partial charge in [-0.2, -0.15) is 5.26 Å². The number of benzene rings is 1. The zero-order chi connectivity index (χ0) is 18.2. The maximum atomic E-state index is 12.4. The second kappa shape index (κ2) is 9.19. The largest absolute Gasteiger partial charge is 0.349 e. The number of hydrogen-bond donors (Lipinski definition) is 1. The highest BCUT2D eigenvalue weighted by atomic mass is 32.2. The van der Waals surface area contributed by atoms with Crippen LogP contribution >= 0.6 is 11.8 Å². The highest BCUT2D eigenvalue weighted by molar-refractivity contribution is 8.00. The van der Waals surface area contributed by atoms with Crippen molar-refractivity contribution in [2.75, 3.05) is 5.75 Å². The molecular weight excluding hydrogens is 332 g/mol. The van der Waals surface area contributed by atoms with Gasteiger partial charge < -0.3 is 5.32 Å². The molecule has 1 atom stereocenters. The Labute approximate surface area is 152 Å². The van der Waals surface area contributed by atoms with E-state index in [0.717, 1.165) is 18.4 Å². The molecule has 2 rings (SSSR count). The summed E-state index contributed by atoms with van der Waals surface area (Å²) in [5, 5.41) is 12.9. The number of nitrogens with zero attached hydrogens (tertiary/aromatic N) is 3. The summed E-state index contributed by atoms with van der Waals surface area (Å²) >= 11 is 1.28. The predicted octanol–water partition coefficient (Wildman–Crippen LogP) is 3.71. The van der Waals surface area contributed by atoms with Crippen LogP contribution in [-0.2, 0) is 4.79 Å². The molecule has 2 aromatic rings. The maximum Gasteiger partial charge on any atom is 0.230 e. The van der Waals surface area contributed by atoms with E-state index in [1.54, 1.807) is 13.8 Å². The van der Waals surface area contributed by atoms with Crippen molar-refractivity contribution in [2.24, 2.45) is 0 Å². The SMILES string of the molecule is CCCC(NC(=O)CSc1nc(C)nc(C)c1C#N)c1ccccc1. The van der Waals surface area contributed by atoms with Gasteiger partial charge in [0, 0.05) is 0 Å². The summed E-state index contributed by atoms with van der Waals surface area (Å²) in [7, 11) is 0. The fourth-order valence-electron chi connectivity index (χ4n) is 2.58. The number of nitriles is 1. The Morgan fingerprint density at radius 3 is 2.64 bits per heavy atom. The number of amides is 1. The second-order valence-corrected chi connectivity index (χ2v) is 6.72. The van der Waals surface area contributed by atoms with E-state index in [1.807, 2.05) is 30.3 Å². The number of thioether (sulfide) groups is 1. The lowest BCUT2D eigenvalue weighted by molar-refractivity contribution is -0.119. The molecule has 0 radical (unpaired) electrons. The van der Waals surface area contributed by atoms with Gasteiger partial charge in [0.05, 0.1) is 17.5 Å². The summed E-state index contributed by atoms with van der Waals surface area (Å²) in [6.07, 6.45) is 1.87. The third-order valence-electron chi connectivity index (χ3n) is 3.73. The van der Waals surface area contributed by atoms with Crippen molar-refractivity contribution in [3.8, 4) is 6.07 Å². The third-order valence-corrected chi connectivity index (χ3v) is 4.71. The van der Waals surface area contributed by atoms with Crippen molar-refractivity contribution in [3.63, 3.8) is 0 Å². The van der Waals surface area contributed by atoms with Crippen molar-refractivity contribution in [1.29, 1.82) is 5.26 Å². The van der Waals surface area contributed by atoms with E-state index in [2.05, 4.69) is 28.3 Å². The van der Waals surface area contributed by atoms with Gasteiger partial charge in [-0.25, -0.2) is 9.97 Å². The first-order valence-corrected chi connectivity index (χ1v) is 9.26. The van der Waals surface area contributed by atoms with Crippen molar-refractivity contribution >= 4 is 17.7 Å². The summed E-state index contributed by atoms with van der Waals surface area (Å²) in [4.78, 5) is 20.9. The second-order valence-electron chi connectivity index (χ2n) is 5.76. The molecule has 5 nitrogen and oxygen atoms in total. The van der Waals surface area contributed by atoms with Crippen LogP contribution in [0.1, 0.15) is 48.5 Å². The molecule has 1 heterocycles. The van der Waals surface area contributed by atoms with Crippen molar-refractivity contribution in [2.45, 2.75) is 44.7 Å². The van der Waals surface area contributed by atoms with Gasteiger partial charge in [-0.1, -0.05) is 55.4 Å². The monoisotopic (exact) mass is 354 g/mol. The van der Waals surface area contributed by atoms with Crippen LogP contribution in [0.3, 0.4) is 0 Å². The van der Waals surface area contributed by atoms with Gasteiger partial charge in [0.1, 0.15) is 22.5 Å². The predicted molar refractivity (Wildman–Crippen MR) is 99.2 cm³/mol. The van der Waals surface area contributed by atoms with E-state index >= 15 is 0 Å². The molecule has 0 fully saturated rings.